The maximum Gasteiger partial charge on any atom is 0.138 e. The minimum absolute atomic E-state index is 0.566. The highest BCUT2D eigenvalue weighted by molar-refractivity contribution is 7.22. The molecular formula is C20H15NOS2. The molecule has 1 aromatic carbocycles. The van der Waals surface area contributed by atoms with Crippen molar-refractivity contribution in [2.75, 3.05) is 0 Å². The molecule has 118 valence electrons. The lowest BCUT2D eigenvalue weighted by atomic mass is 10.2. The molecule has 0 saturated carbocycles. The van der Waals surface area contributed by atoms with Crippen LogP contribution in [-0.2, 0) is 6.61 Å². The second kappa shape index (κ2) is 6.99. The van der Waals surface area contributed by atoms with Gasteiger partial charge in [0, 0.05) is 22.0 Å². The highest BCUT2D eigenvalue weighted by atomic mass is 32.1. The first-order valence-corrected chi connectivity index (χ1v) is 9.35. The van der Waals surface area contributed by atoms with Gasteiger partial charge in [0.2, 0.25) is 0 Å². The lowest BCUT2D eigenvalue weighted by Gasteiger charge is -2.05. The highest BCUT2D eigenvalue weighted by Crippen LogP contribution is 2.40. The van der Waals surface area contributed by atoms with Gasteiger partial charge in [0.15, 0.2) is 0 Å². The summed E-state index contributed by atoms with van der Waals surface area (Å²) in [5.41, 5.74) is 2.12. The smallest absolute Gasteiger partial charge is 0.138 e. The SMILES string of the molecule is C1=C/C(=C\c2sc(-c3cccs3)cc2OCc2ccccc2)N=C1. The van der Waals surface area contributed by atoms with Crippen molar-refractivity contribution in [3.05, 3.63) is 82.2 Å². The summed E-state index contributed by atoms with van der Waals surface area (Å²) in [5.74, 6) is 0.912. The molecular weight excluding hydrogens is 334 g/mol. The van der Waals surface area contributed by atoms with Gasteiger partial charge in [-0.15, -0.1) is 22.7 Å². The van der Waals surface area contributed by atoms with Gasteiger partial charge >= 0.3 is 0 Å². The molecule has 0 radical (unpaired) electrons. The average molecular weight is 349 g/mol. The van der Waals surface area contributed by atoms with E-state index in [1.165, 1.54) is 15.3 Å². The van der Waals surface area contributed by atoms with Crippen LogP contribution >= 0.6 is 22.7 Å². The summed E-state index contributed by atoms with van der Waals surface area (Å²) in [7, 11) is 0. The molecule has 0 bridgehead atoms. The third-order valence-electron chi connectivity index (χ3n) is 3.58. The Balaban J connectivity index is 1.64. The van der Waals surface area contributed by atoms with E-state index in [1.807, 2.05) is 36.6 Å². The van der Waals surface area contributed by atoms with Gasteiger partial charge < -0.3 is 4.74 Å². The summed E-state index contributed by atoms with van der Waals surface area (Å²) in [6.07, 6.45) is 7.85. The van der Waals surface area contributed by atoms with Gasteiger partial charge in [-0.2, -0.15) is 0 Å². The summed E-state index contributed by atoms with van der Waals surface area (Å²) in [5, 5.41) is 2.10. The number of thiophene rings is 2. The van der Waals surface area contributed by atoms with Gasteiger partial charge in [-0.3, -0.25) is 4.99 Å². The normalized spacial score (nSPS) is 14.6. The predicted molar refractivity (Wildman–Crippen MR) is 104 cm³/mol. The second-order valence-electron chi connectivity index (χ2n) is 5.30. The Kier molecular flexibility index (Phi) is 4.40. The molecule has 0 saturated heterocycles. The molecule has 24 heavy (non-hydrogen) atoms. The van der Waals surface area contributed by atoms with Gasteiger partial charge in [0.1, 0.15) is 12.4 Å². The van der Waals surface area contributed by atoms with Gasteiger partial charge in [0.25, 0.3) is 0 Å². The fraction of sp³-hybridized carbons (Fsp3) is 0.0500. The van der Waals surface area contributed by atoms with Gasteiger partial charge in [-0.05, 0) is 35.2 Å². The zero-order valence-corrected chi connectivity index (χ0v) is 14.5. The molecule has 0 amide bonds. The quantitative estimate of drug-likeness (QED) is 0.550. The summed E-state index contributed by atoms with van der Waals surface area (Å²) in [6.45, 7) is 0.566. The standard InChI is InChI=1S/C20H15NOS2/c1-2-6-15(7-3-1)14-22-17-13-20(18-9-5-11-23-18)24-19(17)12-16-8-4-10-21-16/h1-13H,14H2/b16-12+. The number of hydrogen-bond donors (Lipinski definition) is 0. The van der Waals surface area contributed by atoms with Gasteiger partial charge in [-0.25, -0.2) is 0 Å². The van der Waals surface area contributed by atoms with Gasteiger partial charge in [0.05, 0.1) is 10.6 Å². The lowest BCUT2D eigenvalue weighted by Crippen LogP contribution is -1.94. The van der Waals surface area contributed by atoms with Crippen molar-refractivity contribution >= 4 is 35.0 Å². The number of allylic oxidation sites excluding steroid dienone is 2. The van der Waals surface area contributed by atoms with Crippen molar-refractivity contribution in [3.8, 4) is 15.5 Å². The Morgan fingerprint density at radius 3 is 2.71 bits per heavy atom. The van der Waals surface area contributed by atoms with Crippen LogP contribution in [0.2, 0.25) is 0 Å². The monoisotopic (exact) mass is 349 g/mol. The van der Waals surface area contributed by atoms with E-state index in [4.69, 9.17) is 4.74 Å². The largest absolute Gasteiger partial charge is 0.487 e. The molecule has 0 N–H and O–H groups in total. The zero-order chi connectivity index (χ0) is 16.2. The number of ether oxygens (including phenoxy) is 1. The van der Waals surface area contributed by atoms with Crippen LogP contribution < -0.4 is 4.74 Å². The van der Waals surface area contributed by atoms with Crippen LogP contribution in [0, 0.1) is 0 Å². The Hall–Kier alpha value is -2.43. The van der Waals surface area contributed by atoms with E-state index < -0.39 is 0 Å². The van der Waals surface area contributed by atoms with Crippen LogP contribution in [0.25, 0.3) is 15.8 Å². The molecule has 0 atom stereocenters. The number of hydrogen-bond acceptors (Lipinski definition) is 4. The second-order valence-corrected chi connectivity index (χ2v) is 7.33. The number of aliphatic imine (C=N–C) groups is 1. The maximum absolute atomic E-state index is 6.11. The minimum Gasteiger partial charge on any atom is -0.487 e. The Bertz CT molecular complexity index is 889. The molecule has 4 heteroatoms. The molecule has 3 aromatic rings. The highest BCUT2D eigenvalue weighted by Gasteiger charge is 2.12. The predicted octanol–water partition coefficient (Wildman–Crippen LogP) is 6.04. The molecule has 0 fully saturated rings. The van der Waals surface area contributed by atoms with E-state index in [0.29, 0.717) is 6.61 Å². The number of nitrogens with zero attached hydrogens (tertiary/aromatic N) is 1. The fourth-order valence-corrected chi connectivity index (χ4v) is 4.29. The lowest BCUT2D eigenvalue weighted by molar-refractivity contribution is 0.307. The van der Waals surface area contributed by atoms with E-state index in [9.17, 15) is 0 Å². The zero-order valence-electron chi connectivity index (χ0n) is 12.9. The van der Waals surface area contributed by atoms with E-state index in [-0.39, 0.29) is 0 Å². The third kappa shape index (κ3) is 3.40. The Labute approximate surface area is 149 Å². The van der Waals surface area contributed by atoms with E-state index in [1.54, 1.807) is 22.7 Å². The van der Waals surface area contributed by atoms with Crippen molar-refractivity contribution in [2.24, 2.45) is 4.99 Å². The average Bonchev–Trinajstić information content (AvgIpc) is 3.36. The van der Waals surface area contributed by atoms with Crippen LogP contribution in [-0.4, -0.2) is 6.21 Å². The summed E-state index contributed by atoms with van der Waals surface area (Å²) in [6, 6.07) is 16.6. The van der Waals surface area contributed by atoms with Crippen LogP contribution in [0.3, 0.4) is 0 Å². The molecule has 3 heterocycles. The van der Waals surface area contributed by atoms with E-state index in [0.717, 1.165) is 16.3 Å². The number of benzene rings is 1. The fourth-order valence-electron chi connectivity index (χ4n) is 2.41. The van der Waals surface area contributed by atoms with Crippen molar-refractivity contribution in [1.29, 1.82) is 0 Å². The minimum atomic E-state index is 0.566. The molecule has 0 spiro atoms. The van der Waals surface area contributed by atoms with Gasteiger partial charge in [-0.1, -0.05) is 36.4 Å². The first-order valence-electron chi connectivity index (χ1n) is 7.65. The summed E-state index contributed by atoms with van der Waals surface area (Å²) in [4.78, 5) is 7.94. The van der Waals surface area contributed by atoms with E-state index in [2.05, 4.69) is 46.8 Å². The molecule has 2 nitrogen and oxygen atoms in total. The Morgan fingerprint density at radius 1 is 1.04 bits per heavy atom. The first kappa shape index (κ1) is 15.1. The molecule has 2 aromatic heterocycles. The van der Waals surface area contributed by atoms with Crippen LogP contribution in [0.1, 0.15) is 10.4 Å². The van der Waals surface area contributed by atoms with Crippen molar-refractivity contribution < 1.29 is 4.74 Å². The molecule has 1 aliphatic rings. The molecule has 4 rings (SSSR count). The van der Waals surface area contributed by atoms with Crippen molar-refractivity contribution in [3.63, 3.8) is 0 Å². The molecule has 1 aliphatic heterocycles. The topological polar surface area (TPSA) is 21.6 Å². The Morgan fingerprint density at radius 2 is 1.96 bits per heavy atom. The van der Waals surface area contributed by atoms with Crippen LogP contribution in [0.15, 0.2) is 76.8 Å². The molecule has 0 unspecified atom stereocenters. The maximum atomic E-state index is 6.11. The summed E-state index contributed by atoms with van der Waals surface area (Å²) < 4.78 is 6.11. The van der Waals surface area contributed by atoms with Crippen molar-refractivity contribution in [2.45, 2.75) is 6.61 Å². The number of rotatable bonds is 5. The van der Waals surface area contributed by atoms with Crippen molar-refractivity contribution in [1.82, 2.24) is 0 Å². The van der Waals surface area contributed by atoms with E-state index >= 15 is 0 Å². The molecule has 0 aliphatic carbocycles. The third-order valence-corrected chi connectivity index (χ3v) is 5.71. The first-order chi connectivity index (χ1) is 11.9. The van der Waals surface area contributed by atoms with Crippen LogP contribution in [0.5, 0.6) is 5.75 Å². The van der Waals surface area contributed by atoms with Crippen LogP contribution in [0.4, 0.5) is 0 Å². The summed E-state index contributed by atoms with van der Waals surface area (Å²) >= 11 is 3.49.